The van der Waals surface area contributed by atoms with Crippen LogP contribution in [0.1, 0.15) is 6.42 Å². The summed E-state index contributed by atoms with van der Waals surface area (Å²) in [7, 11) is 1.75. The van der Waals surface area contributed by atoms with Gasteiger partial charge < -0.3 is 10.4 Å². The zero-order valence-electron chi connectivity index (χ0n) is 7.61. The average Bonchev–Trinajstić information content (AvgIpc) is 2.39. The van der Waals surface area contributed by atoms with Crippen LogP contribution in [0.15, 0.2) is 10.6 Å². The minimum absolute atomic E-state index is 0.0250. The van der Waals surface area contributed by atoms with Gasteiger partial charge >= 0.3 is 5.97 Å². The molecular weight excluding hydrogens is 204 g/mol. The molecule has 2 aliphatic heterocycles. The molecule has 14 heavy (non-hydrogen) atoms. The Hall–Kier alpha value is -1.01. The maximum absolute atomic E-state index is 11.2. The lowest BCUT2D eigenvalue weighted by molar-refractivity contribution is -0.145. The third-order valence-electron chi connectivity index (χ3n) is 2.23. The number of thioether (sulfide) groups is 1. The van der Waals surface area contributed by atoms with Gasteiger partial charge in [0.1, 0.15) is 5.70 Å². The molecular formula is C8H10N2O3S. The second kappa shape index (κ2) is 3.29. The molecule has 2 N–H and O–H groups in total. The third kappa shape index (κ3) is 1.22. The zero-order valence-corrected chi connectivity index (χ0v) is 8.43. The Balaban J connectivity index is 2.28. The van der Waals surface area contributed by atoms with Crippen LogP contribution >= 0.6 is 11.8 Å². The Morgan fingerprint density at radius 3 is 3.00 bits per heavy atom. The highest BCUT2D eigenvalue weighted by molar-refractivity contribution is 8.04. The fraction of sp³-hybridized carbons (Fsp3) is 0.500. The van der Waals surface area contributed by atoms with E-state index < -0.39 is 5.97 Å². The molecule has 2 heterocycles. The van der Waals surface area contributed by atoms with Gasteiger partial charge in [-0.1, -0.05) is 0 Å². The molecule has 0 spiro atoms. The van der Waals surface area contributed by atoms with E-state index in [1.165, 1.54) is 16.7 Å². The molecule has 0 aromatic carbocycles. The summed E-state index contributed by atoms with van der Waals surface area (Å²) in [5, 5.41) is 11.9. The number of rotatable bonds is 3. The molecule has 5 nitrogen and oxygen atoms in total. The molecule has 76 valence electrons. The first kappa shape index (κ1) is 9.54. The number of hydrogen-bond donors (Lipinski definition) is 2. The number of β-lactam (4-membered cyclic amide) rings is 1. The lowest BCUT2D eigenvalue weighted by Crippen LogP contribution is -2.48. The quantitative estimate of drug-likeness (QED) is 0.637. The number of hydrogen-bond acceptors (Lipinski definition) is 4. The van der Waals surface area contributed by atoms with Crippen LogP contribution in [-0.2, 0) is 9.59 Å². The van der Waals surface area contributed by atoms with Crippen LogP contribution in [0, 0.1) is 0 Å². The maximum atomic E-state index is 11.2. The van der Waals surface area contributed by atoms with Crippen LogP contribution in [0.25, 0.3) is 0 Å². The van der Waals surface area contributed by atoms with E-state index >= 15 is 0 Å². The molecule has 6 heteroatoms. The van der Waals surface area contributed by atoms with Crippen LogP contribution in [0.4, 0.5) is 0 Å². The SMILES string of the molecule is CNCC1=C(C(=O)O)N2C(=O)C[C@H]2S1. The summed E-state index contributed by atoms with van der Waals surface area (Å²) in [4.78, 5) is 24.2. The van der Waals surface area contributed by atoms with Crippen molar-refractivity contribution in [2.24, 2.45) is 0 Å². The molecule has 0 radical (unpaired) electrons. The highest BCUT2D eigenvalue weighted by Crippen LogP contribution is 2.45. The fourth-order valence-corrected chi connectivity index (χ4v) is 3.02. The number of nitrogens with one attached hydrogen (secondary N) is 1. The first-order chi connectivity index (χ1) is 6.65. The predicted molar refractivity (Wildman–Crippen MR) is 51.4 cm³/mol. The summed E-state index contributed by atoms with van der Waals surface area (Å²) in [6.45, 7) is 0.507. The lowest BCUT2D eigenvalue weighted by atomic mass is 10.1. The summed E-state index contributed by atoms with van der Waals surface area (Å²) < 4.78 is 0. The van der Waals surface area contributed by atoms with Gasteiger partial charge in [0.25, 0.3) is 0 Å². The Bertz CT molecular complexity index is 339. The van der Waals surface area contributed by atoms with E-state index in [9.17, 15) is 9.59 Å². The largest absolute Gasteiger partial charge is 0.477 e. The molecule has 0 aliphatic carbocycles. The van der Waals surface area contributed by atoms with Crippen molar-refractivity contribution in [1.29, 1.82) is 0 Å². The number of carboxylic acid groups (broad SMARTS) is 1. The van der Waals surface area contributed by atoms with E-state index in [4.69, 9.17) is 5.11 Å². The topological polar surface area (TPSA) is 69.6 Å². The maximum Gasteiger partial charge on any atom is 0.353 e. The van der Waals surface area contributed by atoms with E-state index in [1.807, 2.05) is 0 Å². The number of carbonyl (C=O) groups excluding carboxylic acids is 1. The lowest BCUT2D eigenvalue weighted by Gasteiger charge is -2.33. The Morgan fingerprint density at radius 1 is 1.79 bits per heavy atom. The monoisotopic (exact) mass is 214 g/mol. The first-order valence-electron chi connectivity index (χ1n) is 4.25. The highest BCUT2D eigenvalue weighted by atomic mass is 32.2. The summed E-state index contributed by atoms with van der Waals surface area (Å²) in [5.41, 5.74) is 0.158. The Kier molecular flexibility index (Phi) is 2.24. The molecule has 1 atom stereocenters. The van der Waals surface area contributed by atoms with Crippen molar-refractivity contribution in [2.75, 3.05) is 13.6 Å². The summed E-state index contributed by atoms with van der Waals surface area (Å²) >= 11 is 1.47. The summed E-state index contributed by atoms with van der Waals surface area (Å²) in [6.07, 6.45) is 0.453. The van der Waals surface area contributed by atoms with Gasteiger partial charge in [-0.3, -0.25) is 9.69 Å². The molecule has 0 saturated carbocycles. The Labute approximate surface area is 85.1 Å². The van der Waals surface area contributed by atoms with Gasteiger partial charge in [-0.15, -0.1) is 11.8 Å². The molecule has 2 aliphatic rings. The van der Waals surface area contributed by atoms with E-state index in [0.717, 1.165) is 4.91 Å². The number of nitrogens with zero attached hydrogens (tertiary/aromatic N) is 1. The van der Waals surface area contributed by atoms with Crippen molar-refractivity contribution in [3.63, 3.8) is 0 Å². The first-order valence-corrected chi connectivity index (χ1v) is 5.13. The van der Waals surface area contributed by atoms with Crippen molar-refractivity contribution < 1.29 is 14.7 Å². The van der Waals surface area contributed by atoms with E-state index in [2.05, 4.69) is 5.32 Å². The van der Waals surface area contributed by atoms with E-state index in [0.29, 0.717) is 13.0 Å². The Morgan fingerprint density at radius 2 is 2.50 bits per heavy atom. The standard InChI is InChI=1S/C8H10N2O3S/c1-9-3-4-7(8(12)13)10-5(11)2-6(10)14-4/h6,9H,2-3H2,1H3,(H,12,13)/t6-/m1/s1. The van der Waals surface area contributed by atoms with Crippen LogP contribution < -0.4 is 5.32 Å². The number of likely N-dealkylation sites (N-methyl/N-ethyl adjacent to an activating group) is 1. The summed E-state index contributed by atoms with van der Waals surface area (Å²) in [5.74, 6) is -1.11. The molecule has 1 amide bonds. The van der Waals surface area contributed by atoms with Gasteiger partial charge in [0, 0.05) is 11.4 Å². The zero-order chi connectivity index (χ0) is 10.3. The van der Waals surface area contributed by atoms with Gasteiger partial charge in [-0.25, -0.2) is 4.79 Å². The van der Waals surface area contributed by atoms with E-state index in [1.54, 1.807) is 7.05 Å². The molecule has 0 bridgehead atoms. The number of amides is 1. The molecule has 1 saturated heterocycles. The van der Waals surface area contributed by atoms with Crippen molar-refractivity contribution >= 4 is 23.6 Å². The van der Waals surface area contributed by atoms with Gasteiger partial charge in [-0.05, 0) is 7.05 Å². The second-order valence-electron chi connectivity index (χ2n) is 3.15. The van der Waals surface area contributed by atoms with Crippen molar-refractivity contribution in [2.45, 2.75) is 11.8 Å². The van der Waals surface area contributed by atoms with Crippen LogP contribution in [0.3, 0.4) is 0 Å². The van der Waals surface area contributed by atoms with Crippen molar-refractivity contribution in [3.8, 4) is 0 Å². The highest BCUT2D eigenvalue weighted by Gasteiger charge is 2.47. The summed E-state index contributed by atoms with van der Waals surface area (Å²) in [6, 6.07) is 0. The number of carbonyl (C=O) groups is 2. The van der Waals surface area contributed by atoms with Crippen molar-refractivity contribution in [3.05, 3.63) is 10.6 Å². The number of aliphatic carboxylic acids is 1. The van der Waals surface area contributed by atoms with Gasteiger partial charge in [0.15, 0.2) is 0 Å². The van der Waals surface area contributed by atoms with Crippen molar-refractivity contribution in [1.82, 2.24) is 10.2 Å². The molecule has 0 aromatic rings. The average molecular weight is 214 g/mol. The van der Waals surface area contributed by atoms with Crippen LogP contribution in [-0.4, -0.2) is 40.8 Å². The van der Waals surface area contributed by atoms with E-state index in [-0.39, 0.29) is 17.0 Å². The third-order valence-corrected chi connectivity index (χ3v) is 3.50. The second-order valence-corrected chi connectivity index (χ2v) is 4.42. The van der Waals surface area contributed by atoms with Crippen LogP contribution in [0.2, 0.25) is 0 Å². The van der Waals surface area contributed by atoms with Gasteiger partial charge in [0.2, 0.25) is 5.91 Å². The molecule has 1 fully saturated rings. The number of fused-ring (bicyclic) bond motifs is 1. The normalized spacial score (nSPS) is 25.1. The number of carboxylic acids is 1. The smallest absolute Gasteiger partial charge is 0.353 e. The minimum atomic E-state index is -1.02. The molecule has 0 aromatic heterocycles. The molecule has 0 unspecified atom stereocenters. The van der Waals surface area contributed by atoms with Gasteiger partial charge in [-0.2, -0.15) is 0 Å². The minimum Gasteiger partial charge on any atom is -0.477 e. The predicted octanol–water partition coefficient (Wildman–Crippen LogP) is -0.193. The van der Waals surface area contributed by atoms with Crippen LogP contribution in [0.5, 0.6) is 0 Å². The van der Waals surface area contributed by atoms with Gasteiger partial charge in [0.05, 0.1) is 11.8 Å². The molecule has 2 rings (SSSR count). The fourth-order valence-electron chi connectivity index (χ4n) is 1.61.